The van der Waals surface area contributed by atoms with E-state index in [0.29, 0.717) is 0 Å². The number of nitrogens with two attached hydrogens (primary N) is 1. The summed E-state index contributed by atoms with van der Waals surface area (Å²) in [7, 11) is 0. The summed E-state index contributed by atoms with van der Waals surface area (Å²) in [4.78, 5) is 0. The predicted molar refractivity (Wildman–Crippen MR) is 91.8 cm³/mol. The van der Waals surface area contributed by atoms with Crippen LogP contribution < -0.4 is 10.5 Å². The zero-order chi connectivity index (χ0) is 14.5. The van der Waals surface area contributed by atoms with Gasteiger partial charge in [0.15, 0.2) is 0 Å². The molecule has 0 aromatic heterocycles. The molecule has 2 N–H and O–H groups in total. The molecule has 0 saturated heterocycles. The second kappa shape index (κ2) is 12.0. The first-order valence-corrected chi connectivity index (χ1v) is 8.55. The Morgan fingerprint density at radius 2 is 1.25 bits per heavy atom. The van der Waals surface area contributed by atoms with Crippen molar-refractivity contribution in [1.29, 1.82) is 0 Å². The first kappa shape index (κ1) is 17.2. The Bertz CT molecular complexity index is 326. The Morgan fingerprint density at radius 1 is 0.750 bits per heavy atom. The maximum atomic E-state index is 5.67. The van der Waals surface area contributed by atoms with Gasteiger partial charge in [0.05, 0.1) is 6.61 Å². The van der Waals surface area contributed by atoms with E-state index in [0.717, 1.165) is 30.2 Å². The van der Waals surface area contributed by atoms with E-state index in [1.54, 1.807) is 0 Å². The predicted octanol–water partition coefficient (Wildman–Crippen LogP) is 5.09. The smallest absolute Gasteiger partial charge is 0.119 e. The minimum absolute atomic E-state index is 0.784. The van der Waals surface area contributed by atoms with Crippen molar-refractivity contribution in [2.75, 3.05) is 18.1 Å². The van der Waals surface area contributed by atoms with Gasteiger partial charge in [-0.05, 0) is 42.9 Å². The lowest BCUT2D eigenvalue weighted by molar-refractivity contribution is 0.304. The van der Waals surface area contributed by atoms with E-state index in [1.165, 1.54) is 51.4 Å². The Balaban J connectivity index is 1.84. The van der Waals surface area contributed by atoms with E-state index in [4.69, 9.17) is 10.5 Å². The van der Waals surface area contributed by atoms with Crippen LogP contribution in [-0.2, 0) is 0 Å². The number of ether oxygens (including phenoxy) is 1. The molecule has 1 rings (SSSR count). The van der Waals surface area contributed by atoms with Crippen molar-refractivity contribution in [2.45, 2.75) is 57.8 Å². The summed E-state index contributed by atoms with van der Waals surface area (Å²) in [5, 5.41) is 0. The molecule has 0 saturated carbocycles. The van der Waals surface area contributed by atoms with Crippen LogP contribution in [-0.4, -0.2) is 12.4 Å². The fourth-order valence-corrected chi connectivity index (χ4v) is 2.43. The third-order valence-electron chi connectivity index (χ3n) is 3.45. The number of hydrogen-bond donors (Lipinski definition) is 2. The van der Waals surface area contributed by atoms with Crippen LogP contribution in [0.5, 0.6) is 5.75 Å². The summed E-state index contributed by atoms with van der Waals surface area (Å²) in [5.74, 6) is 1.96. The van der Waals surface area contributed by atoms with Crippen molar-refractivity contribution >= 4 is 18.3 Å². The van der Waals surface area contributed by atoms with Gasteiger partial charge in [0.2, 0.25) is 0 Å². The maximum Gasteiger partial charge on any atom is 0.119 e. The Morgan fingerprint density at radius 3 is 1.80 bits per heavy atom. The largest absolute Gasteiger partial charge is 0.494 e. The van der Waals surface area contributed by atoms with Crippen LogP contribution in [0.15, 0.2) is 24.3 Å². The van der Waals surface area contributed by atoms with E-state index in [9.17, 15) is 0 Å². The van der Waals surface area contributed by atoms with Gasteiger partial charge in [0, 0.05) is 5.69 Å². The standard InChI is InChI=1S/C17H29NOS/c18-16-10-12-17(13-11-16)19-14-8-6-4-2-1-3-5-7-9-15-20/h10-13,20H,1-9,14-15,18H2. The number of thiol groups is 1. The molecule has 0 heterocycles. The fourth-order valence-electron chi connectivity index (χ4n) is 2.21. The highest BCUT2D eigenvalue weighted by atomic mass is 32.1. The molecule has 114 valence electrons. The number of nitrogen functional groups attached to an aromatic ring is 1. The van der Waals surface area contributed by atoms with Gasteiger partial charge in [-0.25, -0.2) is 0 Å². The number of benzene rings is 1. The molecule has 1 aromatic rings. The average molecular weight is 295 g/mol. The Kier molecular flexibility index (Phi) is 10.3. The summed E-state index contributed by atoms with van der Waals surface area (Å²) in [6.07, 6.45) is 11.9. The van der Waals surface area contributed by atoms with E-state index in [1.807, 2.05) is 24.3 Å². The molecule has 0 radical (unpaired) electrons. The lowest BCUT2D eigenvalue weighted by Crippen LogP contribution is -1.97. The quantitative estimate of drug-likeness (QED) is 0.320. The van der Waals surface area contributed by atoms with E-state index in [-0.39, 0.29) is 0 Å². The van der Waals surface area contributed by atoms with Gasteiger partial charge < -0.3 is 10.5 Å². The van der Waals surface area contributed by atoms with Gasteiger partial charge in [0.25, 0.3) is 0 Å². The molecule has 0 aliphatic heterocycles. The van der Waals surface area contributed by atoms with Crippen LogP contribution in [0.2, 0.25) is 0 Å². The van der Waals surface area contributed by atoms with Crippen molar-refractivity contribution in [1.82, 2.24) is 0 Å². The van der Waals surface area contributed by atoms with Crippen molar-refractivity contribution in [3.63, 3.8) is 0 Å². The van der Waals surface area contributed by atoms with Gasteiger partial charge >= 0.3 is 0 Å². The van der Waals surface area contributed by atoms with Gasteiger partial charge in [-0.15, -0.1) is 0 Å². The molecule has 0 fully saturated rings. The number of hydrogen-bond acceptors (Lipinski definition) is 3. The third-order valence-corrected chi connectivity index (χ3v) is 3.77. The minimum Gasteiger partial charge on any atom is -0.494 e. The Labute approximate surface area is 129 Å². The molecular weight excluding hydrogens is 266 g/mol. The summed E-state index contributed by atoms with van der Waals surface area (Å²) in [6, 6.07) is 7.62. The molecule has 0 spiro atoms. The molecule has 0 amide bonds. The van der Waals surface area contributed by atoms with E-state index in [2.05, 4.69) is 12.6 Å². The molecular formula is C17H29NOS. The number of rotatable bonds is 12. The monoisotopic (exact) mass is 295 g/mol. The van der Waals surface area contributed by atoms with Gasteiger partial charge in [-0.3, -0.25) is 0 Å². The van der Waals surface area contributed by atoms with Crippen molar-refractivity contribution in [2.24, 2.45) is 0 Å². The van der Waals surface area contributed by atoms with Crippen LogP contribution in [0, 0.1) is 0 Å². The normalized spacial score (nSPS) is 10.7. The number of anilines is 1. The third kappa shape index (κ3) is 9.13. The minimum atomic E-state index is 0.784. The molecule has 0 unspecified atom stereocenters. The van der Waals surface area contributed by atoms with Crippen molar-refractivity contribution < 1.29 is 4.74 Å². The van der Waals surface area contributed by atoms with Crippen LogP contribution in [0.3, 0.4) is 0 Å². The molecule has 0 atom stereocenters. The van der Waals surface area contributed by atoms with Crippen LogP contribution in [0.1, 0.15) is 57.8 Å². The molecule has 1 aromatic carbocycles. The van der Waals surface area contributed by atoms with Gasteiger partial charge in [0.1, 0.15) is 5.75 Å². The van der Waals surface area contributed by atoms with E-state index < -0.39 is 0 Å². The molecule has 20 heavy (non-hydrogen) atoms. The van der Waals surface area contributed by atoms with Crippen molar-refractivity contribution in [3.8, 4) is 5.75 Å². The molecule has 0 bridgehead atoms. The summed E-state index contributed by atoms with van der Waals surface area (Å²) < 4.78 is 5.67. The van der Waals surface area contributed by atoms with Gasteiger partial charge in [-0.1, -0.05) is 44.9 Å². The zero-order valence-corrected chi connectivity index (χ0v) is 13.4. The number of unbranched alkanes of at least 4 members (excludes halogenated alkanes) is 8. The topological polar surface area (TPSA) is 35.2 Å². The maximum absolute atomic E-state index is 5.67. The average Bonchev–Trinajstić information content (AvgIpc) is 2.47. The lowest BCUT2D eigenvalue weighted by Gasteiger charge is -2.06. The second-order valence-electron chi connectivity index (χ2n) is 5.32. The molecule has 0 aliphatic rings. The summed E-state index contributed by atoms with van der Waals surface area (Å²) in [6.45, 7) is 0.811. The SMILES string of the molecule is Nc1ccc(OCCCCCCCCCCCS)cc1. The molecule has 3 heteroatoms. The molecule has 2 nitrogen and oxygen atoms in total. The van der Waals surface area contributed by atoms with Crippen molar-refractivity contribution in [3.05, 3.63) is 24.3 Å². The Hall–Kier alpha value is -0.830. The fraction of sp³-hybridized carbons (Fsp3) is 0.647. The van der Waals surface area contributed by atoms with E-state index >= 15 is 0 Å². The van der Waals surface area contributed by atoms with Crippen LogP contribution in [0.4, 0.5) is 5.69 Å². The first-order chi connectivity index (χ1) is 9.83. The van der Waals surface area contributed by atoms with Crippen LogP contribution in [0.25, 0.3) is 0 Å². The second-order valence-corrected chi connectivity index (χ2v) is 5.77. The summed E-state index contributed by atoms with van der Waals surface area (Å²) >= 11 is 4.22. The zero-order valence-electron chi connectivity index (χ0n) is 12.5. The van der Waals surface area contributed by atoms with Crippen LogP contribution >= 0.6 is 12.6 Å². The lowest BCUT2D eigenvalue weighted by atomic mass is 10.1. The van der Waals surface area contributed by atoms with Gasteiger partial charge in [-0.2, -0.15) is 12.6 Å². The first-order valence-electron chi connectivity index (χ1n) is 7.92. The molecule has 0 aliphatic carbocycles. The highest BCUT2D eigenvalue weighted by molar-refractivity contribution is 7.80. The highest BCUT2D eigenvalue weighted by Gasteiger charge is 1.95. The summed E-state index contributed by atoms with van der Waals surface area (Å²) in [5.41, 5.74) is 6.41. The highest BCUT2D eigenvalue weighted by Crippen LogP contribution is 2.14.